The van der Waals surface area contributed by atoms with Gasteiger partial charge >= 0.3 is 21.1 Å². The summed E-state index contributed by atoms with van der Waals surface area (Å²) >= 11 is 0. The molecule has 0 fully saturated rings. The Kier molecular flexibility index (Phi) is 7.38. The molecule has 0 spiro atoms. The molecule has 0 amide bonds. The molecule has 58 valence electrons. The third kappa shape index (κ3) is 4.07. The first-order chi connectivity index (χ1) is 3.68. The van der Waals surface area contributed by atoms with E-state index in [1.807, 2.05) is 0 Å². The topological polar surface area (TPSA) is 52.0 Å². The molecule has 0 heterocycles. The Balaban J connectivity index is 0. The molecule has 0 saturated carbocycles. The summed E-state index contributed by atoms with van der Waals surface area (Å²) in [4.78, 5) is 0. The van der Waals surface area contributed by atoms with E-state index < -0.39 is 0 Å². The summed E-state index contributed by atoms with van der Waals surface area (Å²) in [5.41, 5.74) is 11.1. The molecule has 3 heteroatoms. The molecule has 0 aliphatic rings. The van der Waals surface area contributed by atoms with Crippen LogP contribution in [0.5, 0.6) is 0 Å². The largest absolute Gasteiger partial charge is 2.00 e. The molecule has 0 bridgehead atoms. The Morgan fingerprint density at radius 2 is 1.56 bits per heavy atom. The van der Waals surface area contributed by atoms with Crippen LogP contribution in [0.4, 0.5) is 0 Å². The van der Waals surface area contributed by atoms with Gasteiger partial charge in [-0.2, -0.15) is 0 Å². The molecule has 2 nitrogen and oxygen atoms in total. The minimum absolute atomic E-state index is 0. The van der Waals surface area contributed by atoms with Crippen LogP contribution in [0, 0.1) is 5.41 Å². The molecule has 0 aromatic heterocycles. The fourth-order valence-electron chi connectivity index (χ4n) is 0.372. The second kappa shape index (κ2) is 5.40. The van der Waals surface area contributed by atoms with Crippen molar-refractivity contribution >= 4 is 0 Å². The summed E-state index contributed by atoms with van der Waals surface area (Å²) in [6, 6.07) is 0. The van der Waals surface area contributed by atoms with Crippen molar-refractivity contribution in [2.45, 2.75) is 20.3 Å². The molecular weight excluding hydrogens is 295 g/mol. The first kappa shape index (κ1) is 12.3. The average Bonchev–Trinajstić information content (AvgIpc) is 1.87. The van der Waals surface area contributed by atoms with Crippen LogP contribution in [-0.2, 0) is 21.1 Å². The van der Waals surface area contributed by atoms with Gasteiger partial charge in [-0.25, -0.2) is 0 Å². The predicted molar refractivity (Wildman–Crippen MR) is 36.5 cm³/mol. The molecule has 0 rings (SSSR count). The summed E-state index contributed by atoms with van der Waals surface area (Å²) in [6.07, 6.45) is 1.07. The second-order valence-electron chi connectivity index (χ2n) is 2.57. The monoisotopic (exact) mass is 311 g/mol. The molecule has 0 atom stereocenters. The van der Waals surface area contributed by atoms with E-state index in [-0.39, 0.29) is 26.5 Å². The first-order valence-corrected chi connectivity index (χ1v) is 3.08. The zero-order chi connectivity index (χ0) is 6.62. The van der Waals surface area contributed by atoms with Crippen molar-refractivity contribution in [3.8, 4) is 0 Å². The molecule has 0 radical (unpaired) electrons. The van der Waals surface area contributed by atoms with Crippen molar-refractivity contribution in [2.24, 2.45) is 16.9 Å². The van der Waals surface area contributed by atoms with Crippen molar-refractivity contribution < 1.29 is 21.1 Å². The summed E-state index contributed by atoms with van der Waals surface area (Å²) in [5, 5.41) is 0. The van der Waals surface area contributed by atoms with Gasteiger partial charge in [0.05, 0.1) is 0 Å². The quantitative estimate of drug-likeness (QED) is 0.789. The third-order valence-electron chi connectivity index (χ3n) is 1.84. The van der Waals surface area contributed by atoms with Crippen LogP contribution < -0.4 is 11.5 Å². The molecule has 4 N–H and O–H groups in total. The van der Waals surface area contributed by atoms with E-state index in [1.165, 1.54) is 0 Å². The summed E-state index contributed by atoms with van der Waals surface area (Å²) in [5.74, 6) is 0. The van der Waals surface area contributed by atoms with E-state index >= 15 is 0 Å². The van der Waals surface area contributed by atoms with Gasteiger partial charge in [-0.05, 0) is 24.9 Å². The van der Waals surface area contributed by atoms with Gasteiger partial charge in [0.15, 0.2) is 0 Å². The van der Waals surface area contributed by atoms with Crippen molar-refractivity contribution in [3.63, 3.8) is 0 Å². The van der Waals surface area contributed by atoms with Crippen LogP contribution in [-0.4, -0.2) is 13.1 Å². The van der Waals surface area contributed by atoms with Gasteiger partial charge in [-0.3, -0.25) is 0 Å². The van der Waals surface area contributed by atoms with Crippen LogP contribution in [0.2, 0.25) is 0 Å². The van der Waals surface area contributed by atoms with E-state index in [0.29, 0.717) is 13.1 Å². The maximum absolute atomic E-state index is 5.45. The molecule has 0 unspecified atom stereocenters. The van der Waals surface area contributed by atoms with Gasteiger partial charge in [0.1, 0.15) is 0 Å². The molecule has 0 aliphatic heterocycles. The van der Waals surface area contributed by atoms with Crippen LogP contribution in [0.25, 0.3) is 0 Å². The third-order valence-corrected chi connectivity index (χ3v) is 1.84. The molecule has 0 saturated heterocycles. The van der Waals surface area contributed by atoms with Crippen LogP contribution >= 0.6 is 0 Å². The molecular formula is C6H16N2Pt+2. The molecule has 9 heavy (non-hydrogen) atoms. The van der Waals surface area contributed by atoms with E-state index in [4.69, 9.17) is 11.5 Å². The average molecular weight is 311 g/mol. The fourth-order valence-corrected chi connectivity index (χ4v) is 0.372. The van der Waals surface area contributed by atoms with Crippen molar-refractivity contribution in [2.75, 3.05) is 13.1 Å². The zero-order valence-corrected chi connectivity index (χ0v) is 8.36. The smallest absolute Gasteiger partial charge is 0.330 e. The van der Waals surface area contributed by atoms with Gasteiger partial charge in [0, 0.05) is 0 Å². The summed E-state index contributed by atoms with van der Waals surface area (Å²) in [6.45, 7) is 5.60. The Morgan fingerprint density at radius 1 is 1.22 bits per heavy atom. The Labute approximate surface area is 71.6 Å². The van der Waals surface area contributed by atoms with Gasteiger partial charge < -0.3 is 11.5 Å². The van der Waals surface area contributed by atoms with E-state index in [0.717, 1.165) is 6.42 Å². The minimum Gasteiger partial charge on any atom is -0.330 e. The van der Waals surface area contributed by atoms with E-state index in [2.05, 4.69) is 13.8 Å². The number of nitrogens with two attached hydrogens (primary N) is 2. The molecule has 0 aromatic rings. The van der Waals surface area contributed by atoms with E-state index in [1.54, 1.807) is 0 Å². The van der Waals surface area contributed by atoms with Crippen LogP contribution in [0.3, 0.4) is 0 Å². The second-order valence-corrected chi connectivity index (χ2v) is 2.57. The zero-order valence-electron chi connectivity index (χ0n) is 6.09. The SMILES string of the molecule is CCC(C)(CN)CN.[Pt+2]. The van der Waals surface area contributed by atoms with Crippen molar-refractivity contribution in [3.05, 3.63) is 0 Å². The molecule has 0 aliphatic carbocycles. The van der Waals surface area contributed by atoms with Gasteiger partial charge in [0.25, 0.3) is 0 Å². The maximum atomic E-state index is 5.45. The van der Waals surface area contributed by atoms with Crippen molar-refractivity contribution in [1.82, 2.24) is 0 Å². The first-order valence-electron chi connectivity index (χ1n) is 3.08. The summed E-state index contributed by atoms with van der Waals surface area (Å²) in [7, 11) is 0. The fraction of sp³-hybridized carbons (Fsp3) is 1.00. The van der Waals surface area contributed by atoms with Gasteiger partial charge in [-0.1, -0.05) is 13.8 Å². The number of hydrogen-bond acceptors (Lipinski definition) is 2. The normalized spacial score (nSPS) is 10.7. The van der Waals surface area contributed by atoms with Gasteiger partial charge in [-0.15, -0.1) is 0 Å². The van der Waals surface area contributed by atoms with Crippen LogP contribution in [0.1, 0.15) is 20.3 Å². The molecule has 0 aromatic carbocycles. The predicted octanol–water partition coefficient (Wildman–Crippen LogP) is 0.318. The van der Waals surface area contributed by atoms with Gasteiger partial charge in [0.2, 0.25) is 0 Å². The van der Waals surface area contributed by atoms with Crippen molar-refractivity contribution in [1.29, 1.82) is 0 Å². The van der Waals surface area contributed by atoms with E-state index in [9.17, 15) is 0 Å². The van der Waals surface area contributed by atoms with Crippen LogP contribution in [0.15, 0.2) is 0 Å². The Morgan fingerprint density at radius 3 is 1.56 bits per heavy atom. The maximum Gasteiger partial charge on any atom is 2.00 e. The number of hydrogen-bond donors (Lipinski definition) is 2. The standard InChI is InChI=1S/C6H16N2.Pt/c1-3-6(2,4-7)5-8;/h3-5,7-8H2,1-2H3;/q;+2. The minimum atomic E-state index is 0. The summed E-state index contributed by atoms with van der Waals surface area (Å²) < 4.78 is 0. The Bertz CT molecular complexity index is 53.8. The number of rotatable bonds is 3. The Hall–Kier alpha value is 0.608.